The number of amides is 1. The van der Waals surface area contributed by atoms with Gasteiger partial charge in [0.15, 0.2) is 0 Å². The molecule has 0 spiro atoms. The lowest BCUT2D eigenvalue weighted by molar-refractivity contribution is -0.126. The Morgan fingerprint density at radius 2 is 2.15 bits per heavy atom. The number of carbonyl (C=O) groups is 1. The minimum atomic E-state index is 0.0401. The summed E-state index contributed by atoms with van der Waals surface area (Å²) in [7, 11) is 0. The molecule has 20 heavy (non-hydrogen) atoms. The van der Waals surface area contributed by atoms with Crippen LogP contribution in [0, 0.1) is 0 Å². The molecule has 0 radical (unpaired) electrons. The smallest absolute Gasteiger partial charge is 0.234 e. The fourth-order valence-corrected chi connectivity index (χ4v) is 2.47. The number of ether oxygens (including phenoxy) is 1. The van der Waals surface area contributed by atoms with Gasteiger partial charge in [0.2, 0.25) is 5.91 Å². The zero-order valence-corrected chi connectivity index (χ0v) is 12.3. The van der Waals surface area contributed by atoms with E-state index in [9.17, 15) is 4.79 Å². The highest BCUT2D eigenvalue weighted by Crippen LogP contribution is 2.09. The molecule has 1 aliphatic heterocycles. The first-order chi connectivity index (χ1) is 9.54. The summed E-state index contributed by atoms with van der Waals surface area (Å²) < 4.78 is 7.39. The van der Waals surface area contributed by atoms with Crippen LogP contribution in [0.1, 0.15) is 26.8 Å². The zero-order valence-electron chi connectivity index (χ0n) is 12.3. The van der Waals surface area contributed by atoms with Crippen LogP contribution in [-0.2, 0) is 9.53 Å². The second-order valence-corrected chi connectivity index (χ2v) is 5.48. The molecule has 7 heteroatoms. The van der Waals surface area contributed by atoms with Gasteiger partial charge in [-0.25, -0.2) is 9.67 Å². The first-order valence-corrected chi connectivity index (χ1v) is 7.03. The highest BCUT2D eigenvalue weighted by molar-refractivity contribution is 5.78. The molecule has 1 aromatic heterocycles. The largest absolute Gasteiger partial charge is 0.373 e. The summed E-state index contributed by atoms with van der Waals surface area (Å²) in [6.07, 6.45) is 3.51. The molecule has 1 aromatic rings. The van der Waals surface area contributed by atoms with Crippen molar-refractivity contribution in [3.63, 3.8) is 0 Å². The number of carbonyl (C=O) groups excluding carboxylic acids is 1. The normalized spacial score (nSPS) is 25.4. The maximum atomic E-state index is 12.0. The molecule has 2 rings (SSSR count). The molecule has 7 nitrogen and oxygen atoms in total. The second-order valence-electron chi connectivity index (χ2n) is 5.48. The number of nitrogens with one attached hydrogen (secondary N) is 1. The highest BCUT2D eigenvalue weighted by atomic mass is 16.5. The van der Waals surface area contributed by atoms with Gasteiger partial charge in [0.1, 0.15) is 12.7 Å². The summed E-state index contributed by atoms with van der Waals surface area (Å²) in [5.74, 6) is 0.0401. The molecule has 1 N–H and O–H groups in total. The Hall–Kier alpha value is -1.47. The van der Waals surface area contributed by atoms with Crippen molar-refractivity contribution in [3.8, 4) is 0 Å². The number of aromatic nitrogens is 3. The number of rotatable bonds is 5. The van der Waals surface area contributed by atoms with E-state index in [1.807, 2.05) is 20.8 Å². The third-order valence-corrected chi connectivity index (χ3v) is 3.35. The van der Waals surface area contributed by atoms with Gasteiger partial charge in [-0.1, -0.05) is 0 Å². The van der Waals surface area contributed by atoms with Crippen molar-refractivity contribution in [2.45, 2.75) is 39.0 Å². The van der Waals surface area contributed by atoms with Crippen molar-refractivity contribution in [2.75, 3.05) is 26.2 Å². The van der Waals surface area contributed by atoms with E-state index in [1.165, 1.54) is 6.33 Å². The summed E-state index contributed by atoms with van der Waals surface area (Å²) in [4.78, 5) is 18.0. The summed E-state index contributed by atoms with van der Waals surface area (Å²) >= 11 is 0. The number of morpholine rings is 1. The van der Waals surface area contributed by atoms with Crippen LogP contribution in [0.15, 0.2) is 12.7 Å². The topological polar surface area (TPSA) is 72.3 Å². The highest BCUT2D eigenvalue weighted by Gasteiger charge is 2.23. The van der Waals surface area contributed by atoms with Crippen molar-refractivity contribution in [2.24, 2.45) is 0 Å². The van der Waals surface area contributed by atoms with Crippen LogP contribution in [0.5, 0.6) is 0 Å². The molecule has 1 saturated heterocycles. The molecule has 2 heterocycles. The lowest BCUT2D eigenvalue weighted by Crippen LogP contribution is -2.49. The lowest BCUT2D eigenvalue weighted by atomic mass is 10.2. The fourth-order valence-electron chi connectivity index (χ4n) is 2.47. The number of hydrogen-bond acceptors (Lipinski definition) is 5. The van der Waals surface area contributed by atoms with Crippen molar-refractivity contribution >= 4 is 5.91 Å². The zero-order chi connectivity index (χ0) is 14.5. The van der Waals surface area contributed by atoms with E-state index in [2.05, 4.69) is 20.3 Å². The minimum Gasteiger partial charge on any atom is -0.373 e. The lowest BCUT2D eigenvalue weighted by Gasteiger charge is -2.34. The predicted octanol–water partition coefficient (Wildman–Crippen LogP) is 0.0645. The Balaban J connectivity index is 1.72. The third kappa shape index (κ3) is 4.28. The van der Waals surface area contributed by atoms with Gasteiger partial charge in [0, 0.05) is 19.6 Å². The maximum Gasteiger partial charge on any atom is 0.234 e. The van der Waals surface area contributed by atoms with Gasteiger partial charge in [-0.15, -0.1) is 0 Å². The molecule has 0 saturated carbocycles. The molecule has 0 bridgehead atoms. The Kier molecular flexibility index (Phi) is 5.08. The van der Waals surface area contributed by atoms with Gasteiger partial charge in [-0.3, -0.25) is 9.69 Å². The summed E-state index contributed by atoms with van der Waals surface area (Å²) in [5, 5.41) is 6.99. The van der Waals surface area contributed by atoms with E-state index >= 15 is 0 Å². The van der Waals surface area contributed by atoms with E-state index < -0.39 is 0 Å². The molecular formula is C13H23N5O2. The van der Waals surface area contributed by atoms with Crippen LogP contribution in [0.4, 0.5) is 0 Å². The Labute approximate surface area is 119 Å². The molecule has 0 unspecified atom stereocenters. The minimum absolute atomic E-state index is 0.0401. The van der Waals surface area contributed by atoms with Crippen molar-refractivity contribution in [3.05, 3.63) is 12.7 Å². The Morgan fingerprint density at radius 1 is 1.45 bits per heavy atom. The Bertz CT molecular complexity index is 412. The van der Waals surface area contributed by atoms with E-state index in [4.69, 9.17) is 4.74 Å². The molecule has 3 atom stereocenters. The molecule has 1 aliphatic rings. The molecule has 1 amide bonds. The standard InChI is InChI=1S/C13H23N5O2/c1-10(18-9-14-8-16-18)4-15-13(19)7-17-5-11(2)20-12(3)6-17/h8-12H,4-7H2,1-3H3,(H,15,19)/t10-,11+,12+/m0/s1. The summed E-state index contributed by atoms with van der Waals surface area (Å²) in [5.41, 5.74) is 0. The van der Waals surface area contributed by atoms with Crippen LogP contribution in [0.3, 0.4) is 0 Å². The fraction of sp³-hybridized carbons (Fsp3) is 0.769. The van der Waals surface area contributed by atoms with Crippen LogP contribution < -0.4 is 5.32 Å². The first-order valence-electron chi connectivity index (χ1n) is 7.03. The van der Waals surface area contributed by atoms with E-state index in [1.54, 1.807) is 11.0 Å². The van der Waals surface area contributed by atoms with Gasteiger partial charge in [0.25, 0.3) is 0 Å². The van der Waals surface area contributed by atoms with Crippen LogP contribution in [0.25, 0.3) is 0 Å². The molecule has 0 aliphatic carbocycles. The molecular weight excluding hydrogens is 258 g/mol. The van der Waals surface area contributed by atoms with Crippen molar-refractivity contribution in [1.29, 1.82) is 0 Å². The van der Waals surface area contributed by atoms with Crippen LogP contribution in [0.2, 0.25) is 0 Å². The summed E-state index contributed by atoms with van der Waals surface area (Å²) in [6, 6.07) is 0.101. The van der Waals surface area contributed by atoms with Gasteiger partial charge >= 0.3 is 0 Å². The molecule has 112 valence electrons. The van der Waals surface area contributed by atoms with Gasteiger partial charge in [-0.2, -0.15) is 5.10 Å². The average Bonchev–Trinajstić information content (AvgIpc) is 2.88. The third-order valence-electron chi connectivity index (χ3n) is 3.35. The number of nitrogens with zero attached hydrogens (tertiary/aromatic N) is 4. The second kappa shape index (κ2) is 6.81. The van der Waals surface area contributed by atoms with E-state index in [-0.39, 0.29) is 24.2 Å². The van der Waals surface area contributed by atoms with Crippen LogP contribution in [-0.4, -0.2) is 64.0 Å². The van der Waals surface area contributed by atoms with Crippen LogP contribution >= 0.6 is 0 Å². The maximum absolute atomic E-state index is 12.0. The monoisotopic (exact) mass is 281 g/mol. The van der Waals surface area contributed by atoms with E-state index in [0.717, 1.165) is 13.1 Å². The molecule has 0 aromatic carbocycles. The summed E-state index contributed by atoms with van der Waals surface area (Å²) in [6.45, 7) is 8.64. The van der Waals surface area contributed by atoms with Crippen molar-refractivity contribution in [1.82, 2.24) is 25.0 Å². The van der Waals surface area contributed by atoms with E-state index in [0.29, 0.717) is 13.1 Å². The predicted molar refractivity (Wildman–Crippen MR) is 74.2 cm³/mol. The first kappa shape index (κ1) is 14.9. The van der Waals surface area contributed by atoms with Crippen molar-refractivity contribution < 1.29 is 9.53 Å². The van der Waals surface area contributed by atoms with Gasteiger partial charge in [-0.05, 0) is 20.8 Å². The SMILES string of the molecule is C[C@@H]1CN(CC(=O)NC[C@H](C)n2cncn2)C[C@@H](C)O1. The number of hydrogen-bond donors (Lipinski definition) is 1. The Morgan fingerprint density at radius 3 is 2.75 bits per heavy atom. The average molecular weight is 281 g/mol. The quantitative estimate of drug-likeness (QED) is 0.826. The van der Waals surface area contributed by atoms with Gasteiger partial charge in [0.05, 0.1) is 24.8 Å². The molecule has 1 fully saturated rings. The van der Waals surface area contributed by atoms with Gasteiger partial charge < -0.3 is 10.1 Å².